The first-order chi connectivity index (χ1) is 9.16. The molecule has 104 valence electrons. The second kappa shape index (κ2) is 6.63. The minimum absolute atomic E-state index is 0.123. The van der Waals surface area contributed by atoms with Crippen molar-refractivity contribution in [3.63, 3.8) is 0 Å². The number of benzene rings is 1. The van der Waals surface area contributed by atoms with Gasteiger partial charge >= 0.3 is 0 Å². The van der Waals surface area contributed by atoms with Crippen LogP contribution in [0, 0.1) is 11.7 Å². The fourth-order valence-corrected chi connectivity index (χ4v) is 2.38. The molecule has 0 aliphatic heterocycles. The molecule has 19 heavy (non-hydrogen) atoms. The summed E-state index contributed by atoms with van der Waals surface area (Å²) in [6.45, 7) is 0.739. The number of halogens is 1. The monoisotopic (exact) mass is 266 g/mol. The summed E-state index contributed by atoms with van der Waals surface area (Å²) in [5.74, 6) is -0.499. The van der Waals surface area contributed by atoms with Crippen molar-refractivity contribution in [3.8, 4) is 0 Å². The molecule has 4 nitrogen and oxygen atoms in total. The number of carbonyl (C=O) groups is 1. The Labute approximate surface area is 112 Å². The number of aliphatic hydroxyl groups is 1. The van der Waals surface area contributed by atoms with Gasteiger partial charge in [-0.1, -0.05) is 18.6 Å². The maximum Gasteiger partial charge on any atom is 0.238 e. The molecule has 1 fully saturated rings. The van der Waals surface area contributed by atoms with Gasteiger partial charge in [-0.25, -0.2) is 4.39 Å². The highest BCUT2D eigenvalue weighted by atomic mass is 19.1. The van der Waals surface area contributed by atoms with Gasteiger partial charge in [0.15, 0.2) is 0 Å². The third-order valence-electron chi connectivity index (χ3n) is 3.46. The van der Waals surface area contributed by atoms with Crippen molar-refractivity contribution in [2.45, 2.75) is 25.4 Å². The Morgan fingerprint density at radius 3 is 2.84 bits per heavy atom. The molecule has 0 heterocycles. The SMILES string of the molecule is O=C(CNCC1CCCC1O)Nc1ccccc1F. The topological polar surface area (TPSA) is 61.4 Å². The highest BCUT2D eigenvalue weighted by Crippen LogP contribution is 2.24. The molecule has 0 radical (unpaired) electrons. The first-order valence-electron chi connectivity index (χ1n) is 6.60. The van der Waals surface area contributed by atoms with Crippen LogP contribution in [0.4, 0.5) is 10.1 Å². The smallest absolute Gasteiger partial charge is 0.238 e. The molecule has 1 aliphatic rings. The van der Waals surface area contributed by atoms with E-state index < -0.39 is 5.82 Å². The number of rotatable bonds is 5. The number of hydrogen-bond acceptors (Lipinski definition) is 3. The molecule has 0 saturated heterocycles. The van der Waals surface area contributed by atoms with Crippen molar-refractivity contribution in [2.75, 3.05) is 18.4 Å². The van der Waals surface area contributed by atoms with E-state index in [0.29, 0.717) is 6.54 Å². The van der Waals surface area contributed by atoms with E-state index in [-0.39, 0.29) is 30.2 Å². The van der Waals surface area contributed by atoms with E-state index in [1.54, 1.807) is 12.1 Å². The zero-order chi connectivity index (χ0) is 13.7. The normalized spacial score (nSPS) is 22.4. The summed E-state index contributed by atoms with van der Waals surface area (Å²) < 4.78 is 13.3. The zero-order valence-electron chi connectivity index (χ0n) is 10.7. The first kappa shape index (κ1) is 14.0. The molecule has 0 spiro atoms. The predicted octanol–water partition coefficient (Wildman–Crippen LogP) is 1.51. The largest absolute Gasteiger partial charge is 0.393 e. The van der Waals surface area contributed by atoms with Gasteiger partial charge in [0.1, 0.15) is 5.82 Å². The molecular weight excluding hydrogens is 247 g/mol. The van der Waals surface area contributed by atoms with E-state index in [1.165, 1.54) is 12.1 Å². The second-order valence-corrected chi connectivity index (χ2v) is 4.92. The highest BCUT2D eigenvalue weighted by molar-refractivity contribution is 5.92. The van der Waals surface area contributed by atoms with Crippen LogP contribution in [0.2, 0.25) is 0 Å². The highest BCUT2D eigenvalue weighted by Gasteiger charge is 2.24. The minimum Gasteiger partial charge on any atom is -0.393 e. The quantitative estimate of drug-likeness (QED) is 0.757. The Morgan fingerprint density at radius 1 is 1.37 bits per heavy atom. The molecule has 1 saturated carbocycles. The van der Waals surface area contributed by atoms with Gasteiger partial charge in [-0.15, -0.1) is 0 Å². The Balaban J connectivity index is 1.72. The van der Waals surface area contributed by atoms with Gasteiger partial charge in [0.2, 0.25) is 5.91 Å². The van der Waals surface area contributed by atoms with Crippen molar-refractivity contribution < 1.29 is 14.3 Å². The lowest BCUT2D eigenvalue weighted by atomic mass is 10.1. The van der Waals surface area contributed by atoms with E-state index >= 15 is 0 Å². The molecule has 3 N–H and O–H groups in total. The van der Waals surface area contributed by atoms with Crippen molar-refractivity contribution in [1.29, 1.82) is 0 Å². The van der Waals surface area contributed by atoms with Gasteiger partial charge in [-0.3, -0.25) is 4.79 Å². The van der Waals surface area contributed by atoms with E-state index in [1.807, 2.05) is 0 Å². The van der Waals surface area contributed by atoms with Crippen molar-refractivity contribution in [1.82, 2.24) is 5.32 Å². The standard InChI is InChI=1S/C14H19FN2O2/c15-11-5-1-2-6-12(11)17-14(19)9-16-8-10-4-3-7-13(10)18/h1-2,5-6,10,13,16,18H,3-4,7-9H2,(H,17,19). The lowest BCUT2D eigenvalue weighted by Crippen LogP contribution is -2.34. The van der Waals surface area contributed by atoms with Gasteiger partial charge in [-0.05, 0) is 30.9 Å². The average molecular weight is 266 g/mol. The van der Waals surface area contributed by atoms with Crippen LogP contribution in [-0.2, 0) is 4.79 Å². The first-order valence-corrected chi connectivity index (χ1v) is 6.60. The summed E-state index contributed by atoms with van der Waals surface area (Å²) in [5, 5.41) is 15.1. The van der Waals surface area contributed by atoms with Crippen molar-refractivity contribution in [3.05, 3.63) is 30.1 Å². The van der Waals surface area contributed by atoms with Crippen LogP contribution >= 0.6 is 0 Å². The maximum atomic E-state index is 13.3. The van der Waals surface area contributed by atoms with Gasteiger partial charge in [0.25, 0.3) is 0 Å². The van der Waals surface area contributed by atoms with E-state index in [4.69, 9.17) is 0 Å². The van der Waals surface area contributed by atoms with Gasteiger partial charge in [0.05, 0.1) is 18.3 Å². The number of amides is 1. The molecule has 1 aliphatic carbocycles. The van der Waals surface area contributed by atoms with Crippen LogP contribution in [0.15, 0.2) is 24.3 Å². The summed E-state index contributed by atoms with van der Waals surface area (Å²) in [7, 11) is 0. The summed E-state index contributed by atoms with van der Waals surface area (Å²) in [6.07, 6.45) is 2.60. The Hall–Kier alpha value is -1.46. The molecule has 0 bridgehead atoms. The molecule has 1 amide bonds. The number of para-hydroxylation sites is 1. The molecule has 2 atom stereocenters. The molecule has 5 heteroatoms. The molecule has 1 aromatic rings. The summed E-state index contributed by atoms with van der Waals surface area (Å²) >= 11 is 0. The number of anilines is 1. The third-order valence-corrected chi connectivity index (χ3v) is 3.46. The fraction of sp³-hybridized carbons (Fsp3) is 0.500. The van der Waals surface area contributed by atoms with Gasteiger partial charge in [-0.2, -0.15) is 0 Å². The number of carbonyl (C=O) groups excluding carboxylic acids is 1. The van der Waals surface area contributed by atoms with E-state index in [2.05, 4.69) is 10.6 Å². The van der Waals surface area contributed by atoms with Gasteiger partial charge < -0.3 is 15.7 Å². The Morgan fingerprint density at radius 2 is 2.16 bits per heavy atom. The Bertz CT molecular complexity index is 439. The maximum absolute atomic E-state index is 13.3. The van der Waals surface area contributed by atoms with Crippen LogP contribution in [-0.4, -0.2) is 30.2 Å². The molecule has 0 aromatic heterocycles. The summed E-state index contributed by atoms with van der Waals surface area (Å²) in [4.78, 5) is 11.6. The second-order valence-electron chi connectivity index (χ2n) is 4.92. The third kappa shape index (κ3) is 4.01. The molecule has 2 rings (SSSR count). The summed E-state index contributed by atoms with van der Waals surface area (Å²) in [6, 6.07) is 6.07. The molecule has 1 aromatic carbocycles. The lowest BCUT2D eigenvalue weighted by Gasteiger charge is -2.15. The molecule has 2 unspecified atom stereocenters. The molecular formula is C14H19FN2O2. The van der Waals surface area contributed by atoms with Crippen LogP contribution in [0.25, 0.3) is 0 Å². The minimum atomic E-state index is -0.443. The lowest BCUT2D eigenvalue weighted by molar-refractivity contribution is -0.115. The van der Waals surface area contributed by atoms with Gasteiger partial charge in [0, 0.05) is 6.54 Å². The number of nitrogens with one attached hydrogen (secondary N) is 2. The van der Waals surface area contributed by atoms with E-state index in [9.17, 15) is 14.3 Å². The number of hydrogen-bond donors (Lipinski definition) is 3. The van der Waals surface area contributed by atoms with Crippen LogP contribution in [0.3, 0.4) is 0 Å². The average Bonchev–Trinajstić information content (AvgIpc) is 2.78. The van der Waals surface area contributed by atoms with Crippen LogP contribution < -0.4 is 10.6 Å². The van der Waals surface area contributed by atoms with Crippen LogP contribution in [0.5, 0.6) is 0 Å². The Kier molecular flexibility index (Phi) is 4.87. The fourth-order valence-electron chi connectivity index (χ4n) is 2.38. The van der Waals surface area contributed by atoms with E-state index in [0.717, 1.165) is 19.3 Å². The predicted molar refractivity (Wildman–Crippen MR) is 71.2 cm³/mol. The summed E-state index contributed by atoms with van der Waals surface area (Å²) in [5.41, 5.74) is 0.190. The van der Waals surface area contributed by atoms with Crippen molar-refractivity contribution >= 4 is 11.6 Å². The van der Waals surface area contributed by atoms with Crippen LogP contribution in [0.1, 0.15) is 19.3 Å². The number of aliphatic hydroxyl groups excluding tert-OH is 1. The zero-order valence-corrected chi connectivity index (χ0v) is 10.7. The van der Waals surface area contributed by atoms with Crippen molar-refractivity contribution in [2.24, 2.45) is 5.92 Å².